The van der Waals surface area contributed by atoms with Crippen LogP contribution in [0.4, 0.5) is 27.1 Å². The van der Waals surface area contributed by atoms with E-state index in [1.807, 2.05) is 4.90 Å². The molecule has 0 spiro atoms. The molecule has 6 rings (SSSR count). The smallest absolute Gasteiger partial charge is 0.417 e. The summed E-state index contributed by atoms with van der Waals surface area (Å²) in [6, 6.07) is 7.41. The van der Waals surface area contributed by atoms with Crippen LogP contribution in [0.15, 0.2) is 40.9 Å². The van der Waals surface area contributed by atoms with Crippen LogP contribution in [0.2, 0.25) is 0 Å². The molecule has 1 N–H and O–H groups in total. The summed E-state index contributed by atoms with van der Waals surface area (Å²) in [4.78, 5) is 17.4. The Balaban J connectivity index is 1.14. The van der Waals surface area contributed by atoms with Gasteiger partial charge in [0.05, 0.1) is 29.0 Å². The summed E-state index contributed by atoms with van der Waals surface area (Å²) in [5.74, 6) is -1.44. The first-order valence-corrected chi connectivity index (χ1v) is 13.8. The molecule has 4 aromatic rings. The number of thiazole rings is 1. The Bertz CT molecular complexity index is 1610. The van der Waals surface area contributed by atoms with Gasteiger partial charge in [0, 0.05) is 43.0 Å². The van der Waals surface area contributed by atoms with Crippen molar-refractivity contribution in [2.24, 2.45) is 0 Å². The van der Waals surface area contributed by atoms with E-state index >= 15 is 4.39 Å². The van der Waals surface area contributed by atoms with Gasteiger partial charge in [0.2, 0.25) is 0 Å². The van der Waals surface area contributed by atoms with E-state index in [0.717, 1.165) is 36.3 Å². The van der Waals surface area contributed by atoms with E-state index in [9.17, 15) is 27.5 Å². The van der Waals surface area contributed by atoms with Gasteiger partial charge < -0.3 is 19.3 Å². The van der Waals surface area contributed by atoms with Crippen LogP contribution >= 0.6 is 11.3 Å². The number of nitrogens with zero attached hydrogens (tertiary/aromatic N) is 3. The van der Waals surface area contributed by atoms with E-state index in [2.05, 4.69) is 10.1 Å². The predicted octanol–water partition coefficient (Wildman–Crippen LogP) is 7.21. The van der Waals surface area contributed by atoms with E-state index in [-0.39, 0.29) is 67.4 Å². The number of benzene rings is 2. The number of aromatic nitrogens is 2. The highest BCUT2D eigenvalue weighted by atomic mass is 32.1. The van der Waals surface area contributed by atoms with E-state index in [0.29, 0.717) is 21.2 Å². The van der Waals surface area contributed by atoms with Crippen LogP contribution in [0.3, 0.4) is 0 Å². The maximum Gasteiger partial charge on any atom is 0.417 e. The second-order valence-corrected chi connectivity index (χ2v) is 11.4. The number of hydrogen-bond acceptors (Lipinski definition) is 7. The number of rotatable bonds is 8. The normalized spacial score (nSPS) is 17.3. The first-order chi connectivity index (χ1) is 19.5. The lowest BCUT2D eigenvalue weighted by Crippen LogP contribution is -2.44. The van der Waals surface area contributed by atoms with E-state index in [4.69, 9.17) is 9.26 Å². The van der Waals surface area contributed by atoms with Crippen LogP contribution in [0.25, 0.3) is 21.5 Å². The summed E-state index contributed by atoms with van der Waals surface area (Å²) >= 11 is 1.14. The number of ether oxygens (including phenoxy) is 1. The van der Waals surface area contributed by atoms with Crippen LogP contribution in [0.1, 0.15) is 58.8 Å². The van der Waals surface area contributed by atoms with Crippen molar-refractivity contribution in [1.29, 1.82) is 0 Å². The molecule has 0 atom stereocenters. The highest BCUT2D eigenvalue weighted by Gasteiger charge is 2.39. The summed E-state index contributed by atoms with van der Waals surface area (Å²) in [6.45, 7) is 0.137. The van der Waals surface area contributed by atoms with Crippen LogP contribution in [0, 0.1) is 5.82 Å². The van der Waals surface area contributed by atoms with Gasteiger partial charge in [-0.3, -0.25) is 0 Å². The number of alkyl halides is 4. The number of hydrogen-bond donors (Lipinski definition) is 1. The molecule has 0 radical (unpaired) electrons. The Labute approximate surface area is 234 Å². The zero-order valence-corrected chi connectivity index (χ0v) is 22.3. The number of carbonyl (C=O) groups is 1. The molecule has 3 heterocycles. The monoisotopic (exact) mass is 593 g/mol. The third kappa shape index (κ3) is 5.52. The molecule has 13 heteroatoms. The molecule has 216 valence electrons. The SMILES string of the molecule is O=C(O)c1cc(F)c2nc(N3CCC(F)(COCc4c(-c5ccccc5C(F)(F)F)noc4C4CC4)CC3)sc2c1. The fraction of sp³-hybridized carbons (Fsp3) is 0.393. The lowest BCUT2D eigenvalue weighted by atomic mass is 9.94. The molecule has 0 unspecified atom stereocenters. The molecule has 0 amide bonds. The number of aromatic carboxylic acids is 1. The van der Waals surface area contributed by atoms with Gasteiger partial charge >= 0.3 is 12.1 Å². The molecule has 7 nitrogen and oxygen atoms in total. The first kappa shape index (κ1) is 27.6. The Hall–Kier alpha value is -3.58. The quantitative estimate of drug-likeness (QED) is 0.216. The number of halogens is 5. The fourth-order valence-corrected chi connectivity index (χ4v) is 6.16. The molecular weight excluding hydrogens is 569 g/mol. The van der Waals surface area contributed by atoms with Gasteiger partial charge in [0.25, 0.3) is 0 Å². The summed E-state index contributed by atoms with van der Waals surface area (Å²) in [5.41, 5.74) is -2.28. The average Bonchev–Trinajstić information content (AvgIpc) is 3.54. The minimum absolute atomic E-state index is 0.0525. The minimum Gasteiger partial charge on any atom is -0.478 e. The Morgan fingerprint density at radius 3 is 2.61 bits per heavy atom. The van der Waals surface area contributed by atoms with Crippen molar-refractivity contribution in [1.82, 2.24) is 10.1 Å². The summed E-state index contributed by atoms with van der Waals surface area (Å²) in [6.07, 6.45) is -2.74. The molecule has 1 aliphatic heterocycles. The largest absolute Gasteiger partial charge is 0.478 e. The number of carboxylic acids is 1. The third-order valence-electron chi connectivity index (χ3n) is 7.48. The molecule has 2 aromatic heterocycles. The molecular formula is C28H24F5N3O4S. The van der Waals surface area contributed by atoms with Crippen molar-refractivity contribution in [3.63, 3.8) is 0 Å². The van der Waals surface area contributed by atoms with Crippen molar-refractivity contribution in [3.8, 4) is 11.3 Å². The predicted molar refractivity (Wildman–Crippen MR) is 140 cm³/mol. The van der Waals surface area contributed by atoms with E-state index < -0.39 is 29.2 Å². The van der Waals surface area contributed by atoms with Gasteiger partial charge in [-0.25, -0.2) is 18.6 Å². The van der Waals surface area contributed by atoms with E-state index in [1.54, 1.807) is 0 Å². The molecule has 2 fully saturated rings. The maximum absolute atomic E-state index is 15.7. The van der Waals surface area contributed by atoms with Gasteiger partial charge in [-0.15, -0.1) is 0 Å². The van der Waals surface area contributed by atoms with Gasteiger partial charge in [-0.1, -0.05) is 34.7 Å². The molecule has 1 saturated carbocycles. The molecule has 1 aliphatic carbocycles. The summed E-state index contributed by atoms with van der Waals surface area (Å²) < 4.78 is 82.8. The first-order valence-electron chi connectivity index (χ1n) is 13.0. The van der Waals surface area contributed by atoms with Crippen molar-refractivity contribution in [2.75, 3.05) is 24.6 Å². The van der Waals surface area contributed by atoms with Crippen molar-refractivity contribution in [2.45, 2.75) is 50.1 Å². The van der Waals surface area contributed by atoms with Crippen LogP contribution in [0.5, 0.6) is 0 Å². The molecule has 41 heavy (non-hydrogen) atoms. The van der Waals surface area contributed by atoms with Crippen molar-refractivity contribution in [3.05, 3.63) is 64.7 Å². The number of fused-ring (bicyclic) bond motifs is 1. The lowest BCUT2D eigenvalue weighted by Gasteiger charge is -2.36. The average molecular weight is 594 g/mol. The van der Waals surface area contributed by atoms with Gasteiger partial charge in [0.15, 0.2) is 10.9 Å². The van der Waals surface area contributed by atoms with Gasteiger partial charge in [-0.05, 0) is 31.0 Å². The van der Waals surface area contributed by atoms with Gasteiger partial charge in [-0.2, -0.15) is 13.2 Å². The van der Waals surface area contributed by atoms with Crippen LogP contribution in [-0.2, 0) is 17.5 Å². The molecule has 1 saturated heterocycles. The third-order valence-corrected chi connectivity index (χ3v) is 8.54. The van der Waals surface area contributed by atoms with Gasteiger partial charge in [0.1, 0.15) is 22.6 Å². The van der Waals surface area contributed by atoms with E-state index in [1.165, 1.54) is 24.3 Å². The summed E-state index contributed by atoms with van der Waals surface area (Å²) in [5, 5.41) is 13.6. The Morgan fingerprint density at radius 1 is 1.20 bits per heavy atom. The second kappa shape index (κ2) is 10.4. The zero-order chi connectivity index (χ0) is 28.9. The minimum atomic E-state index is -4.59. The van der Waals surface area contributed by atoms with Crippen molar-refractivity contribution < 1.29 is 41.1 Å². The molecule has 0 bridgehead atoms. The lowest BCUT2D eigenvalue weighted by molar-refractivity contribution is -0.137. The standard InChI is InChI=1S/C28H24F5N3O4S/c29-20-11-16(25(37)38)12-21-23(20)34-26(41-21)36-9-7-27(30,8-10-36)14-39-13-18-22(35-40-24(18)15-5-6-15)17-3-1-2-4-19(17)28(31,32)33/h1-4,11-12,15H,5-10,13-14H2,(H,37,38). The van der Waals surface area contributed by atoms with Crippen LogP contribution in [-0.4, -0.2) is 46.6 Å². The molecule has 2 aliphatic rings. The Morgan fingerprint density at radius 2 is 1.93 bits per heavy atom. The number of piperidine rings is 1. The van der Waals surface area contributed by atoms with Crippen molar-refractivity contribution >= 4 is 32.7 Å². The Kier molecular flexibility index (Phi) is 6.97. The fourth-order valence-electron chi connectivity index (χ4n) is 5.09. The van der Waals surface area contributed by atoms with Crippen LogP contribution < -0.4 is 4.90 Å². The maximum atomic E-state index is 15.7. The summed E-state index contributed by atoms with van der Waals surface area (Å²) in [7, 11) is 0. The highest BCUT2D eigenvalue weighted by Crippen LogP contribution is 2.46. The zero-order valence-electron chi connectivity index (χ0n) is 21.5. The topological polar surface area (TPSA) is 88.7 Å². The second-order valence-electron chi connectivity index (χ2n) is 10.4. The molecule has 2 aromatic carbocycles. The number of anilines is 1. The highest BCUT2D eigenvalue weighted by molar-refractivity contribution is 7.22. The number of carboxylic acid groups (broad SMARTS) is 1.